The Morgan fingerprint density at radius 2 is 1.88 bits per heavy atom. The van der Waals surface area contributed by atoms with Gasteiger partial charge in [0, 0.05) is 31.5 Å². The number of rotatable bonds is 4. The molecule has 3 aliphatic rings. The lowest BCUT2D eigenvalue weighted by molar-refractivity contribution is -0.137. The van der Waals surface area contributed by atoms with Crippen LogP contribution in [0.5, 0.6) is 0 Å². The molecule has 6 rings (SSSR count). The Kier molecular flexibility index (Phi) is 6.47. The van der Waals surface area contributed by atoms with Gasteiger partial charge in [0.05, 0.1) is 35.2 Å². The molecule has 2 aromatic carbocycles. The van der Waals surface area contributed by atoms with Gasteiger partial charge in [-0.1, -0.05) is 6.07 Å². The number of benzene rings is 2. The summed E-state index contributed by atoms with van der Waals surface area (Å²) in [6.07, 6.45) is -2.72. The van der Waals surface area contributed by atoms with E-state index in [-0.39, 0.29) is 18.9 Å². The van der Waals surface area contributed by atoms with Gasteiger partial charge >= 0.3 is 12.1 Å². The van der Waals surface area contributed by atoms with Gasteiger partial charge in [-0.15, -0.1) is 0 Å². The van der Waals surface area contributed by atoms with E-state index in [0.717, 1.165) is 18.0 Å². The fourth-order valence-corrected chi connectivity index (χ4v) is 6.19. The smallest absolute Gasteiger partial charge is 0.416 e. The van der Waals surface area contributed by atoms with Gasteiger partial charge < -0.3 is 14.5 Å². The number of hydrogen-bond donors (Lipinski definition) is 0. The second-order valence-electron chi connectivity index (χ2n) is 10.4. The number of halogens is 3. The van der Waals surface area contributed by atoms with Crippen LogP contribution >= 0.6 is 0 Å². The van der Waals surface area contributed by atoms with Crippen LogP contribution in [-0.4, -0.2) is 54.9 Å². The third kappa shape index (κ3) is 4.39. The lowest BCUT2D eigenvalue weighted by Gasteiger charge is -2.53. The Morgan fingerprint density at radius 3 is 2.56 bits per heavy atom. The largest absolute Gasteiger partial charge is 0.462 e. The monoisotopic (exact) mass is 563 g/mol. The molecule has 3 aromatic rings. The standard InChI is InChI=1S/C30H28F3N5O3/c1-3-41-27(39)20-7-10-23(11-8-20)38-28(40)29(19(2)35-38)17-21-16-22(30(31,32)33)9-12-24(21)37-15-14-36(18-25(29)37)26-6-4-5-13-34-26/h4-13,16,25H,3,14-15,17-18H2,1-2H3/t25-,29-/m1/s1. The molecule has 4 heterocycles. The van der Waals surface area contributed by atoms with Gasteiger partial charge in [0.25, 0.3) is 5.91 Å². The van der Waals surface area contributed by atoms with Crippen molar-refractivity contribution in [3.8, 4) is 0 Å². The Balaban J connectivity index is 1.41. The predicted molar refractivity (Wildman–Crippen MR) is 148 cm³/mol. The zero-order valence-electron chi connectivity index (χ0n) is 22.6. The van der Waals surface area contributed by atoms with Gasteiger partial charge in [0.2, 0.25) is 0 Å². The van der Waals surface area contributed by atoms with Crippen molar-refractivity contribution in [1.82, 2.24) is 4.98 Å². The van der Waals surface area contributed by atoms with Gasteiger partial charge in [-0.05, 0) is 80.4 Å². The van der Waals surface area contributed by atoms with E-state index in [4.69, 9.17) is 4.74 Å². The quantitative estimate of drug-likeness (QED) is 0.419. The summed E-state index contributed by atoms with van der Waals surface area (Å²) in [5, 5.41) is 5.97. The van der Waals surface area contributed by atoms with Gasteiger partial charge in [0.15, 0.2) is 0 Å². The van der Waals surface area contributed by atoms with E-state index in [1.165, 1.54) is 11.1 Å². The van der Waals surface area contributed by atoms with Crippen LogP contribution in [0.1, 0.15) is 35.3 Å². The number of nitrogens with zero attached hydrogens (tertiary/aromatic N) is 5. The maximum atomic E-state index is 14.4. The molecule has 3 aliphatic heterocycles. The van der Waals surface area contributed by atoms with Crippen LogP contribution in [0, 0.1) is 5.41 Å². The number of amides is 1. The maximum Gasteiger partial charge on any atom is 0.416 e. The van der Waals surface area contributed by atoms with Crippen molar-refractivity contribution in [3.63, 3.8) is 0 Å². The lowest BCUT2D eigenvalue weighted by Crippen LogP contribution is -2.67. The Labute approximate surface area is 235 Å². The topological polar surface area (TPSA) is 78.3 Å². The Bertz CT molecular complexity index is 1530. The average molecular weight is 564 g/mol. The summed E-state index contributed by atoms with van der Waals surface area (Å²) < 4.78 is 46.2. The van der Waals surface area contributed by atoms with Gasteiger partial charge in [-0.3, -0.25) is 4.79 Å². The third-order valence-electron chi connectivity index (χ3n) is 8.20. The molecule has 1 fully saturated rings. The number of pyridine rings is 1. The normalized spacial score (nSPS) is 22.0. The number of anilines is 3. The number of aromatic nitrogens is 1. The zero-order chi connectivity index (χ0) is 28.9. The molecule has 0 aliphatic carbocycles. The first kappa shape index (κ1) is 26.8. The maximum absolute atomic E-state index is 14.4. The summed E-state index contributed by atoms with van der Waals surface area (Å²) in [6.45, 7) is 5.24. The molecule has 212 valence electrons. The van der Waals surface area contributed by atoms with Crippen LogP contribution < -0.4 is 14.8 Å². The molecule has 0 unspecified atom stereocenters. The lowest BCUT2D eigenvalue weighted by atomic mass is 9.67. The van der Waals surface area contributed by atoms with E-state index in [1.54, 1.807) is 44.3 Å². The molecule has 41 heavy (non-hydrogen) atoms. The molecular formula is C30H28F3N5O3. The second-order valence-corrected chi connectivity index (χ2v) is 10.4. The highest BCUT2D eigenvalue weighted by molar-refractivity contribution is 6.20. The van der Waals surface area contributed by atoms with Crippen LogP contribution in [0.4, 0.5) is 30.4 Å². The summed E-state index contributed by atoms with van der Waals surface area (Å²) >= 11 is 0. The fourth-order valence-electron chi connectivity index (χ4n) is 6.19. The Hall–Kier alpha value is -4.41. The number of carbonyl (C=O) groups is 2. The molecule has 1 aromatic heterocycles. The van der Waals surface area contributed by atoms with Crippen molar-refractivity contribution in [1.29, 1.82) is 0 Å². The molecule has 2 atom stereocenters. The minimum Gasteiger partial charge on any atom is -0.462 e. The highest BCUT2D eigenvalue weighted by Crippen LogP contribution is 2.49. The molecule has 0 radical (unpaired) electrons. The average Bonchev–Trinajstić information content (AvgIpc) is 3.22. The van der Waals surface area contributed by atoms with E-state index in [1.807, 2.05) is 18.2 Å². The molecule has 0 bridgehead atoms. The summed E-state index contributed by atoms with van der Waals surface area (Å²) in [6, 6.07) is 15.4. The van der Waals surface area contributed by atoms with E-state index < -0.39 is 29.2 Å². The number of ether oxygens (including phenoxy) is 1. The highest BCUT2D eigenvalue weighted by atomic mass is 19.4. The fraction of sp³-hybridized carbons (Fsp3) is 0.333. The van der Waals surface area contributed by atoms with Crippen LogP contribution in [-0.2, 0) is 22.1 Å². The molecule has 8 nitrogen and oxygen atoms in total. The number of alkyl halides is 3. The van der Waals surface area contributed by atoms with Gasteiger partial charge in [0.1, 0.15) is 11.2 Å². The summed E-state index contributed by atoms with van der Waals surface area (Å²) in [7, 11) is 0. The van der Waals surface area contributed by atoms with Gasteiger partial charge in [-0.2, -0.15) is 23.3 Å². The molecule has 1 amide bonds. The van der Waals surface area contributed by atoms with Crippen LogP contribution in [0.3, 0.4) is 0 Å². The van der Waals surface area contributed by atoms with E-state index in [2.05, 4.69) is 19.9 Å². The minimum atomic E-state index is -4.51. The SMILES string of the molecule is CCOC(=O)c1ccc(N2N=C(C)[C@@]3(Cc4cc(C(F)(F)F)ccc4N4CCN(c5ccccn5)C[C@@H]43)C2=O)cc1. The predicted octanol–water partition coefficient (Wildman–Crippen LogP) is 4.94. The van der Waals surface area contributed by atoms with E-state index in [0.29, 0.717) is 47.8 Å². The number of esters is 1. The number of hydrazone groups is 1. The molecule has 1 saturated heterocycles. The molecular weight excluding hydrogens is 535 g/mol. The first-order chi connectivity index (χ1) is 19.6. The third-order valence-corrected chi connectivity index (χ3v) is 8.20. The van der Waals surface area contributed by atoms with E-state index in [9.17, 15) is 22.8 Å². The highest BCUT2D eigenvalue weighted by Gasteiger charge is 2.60. The van der Waals surface area contributed by atoms with Crippen molar-refractivity contribution in [3.05, 3.63) is 83.6 Å². The second kappa shape index (κ2) is 9.90. The first-order valence-corrected chi connectivity index (χ1v) is 13.4. The summed E-state index contributed by atoms with van der Waals surface area (Å²) in [4.78, 5) is 35.2. The molecule has 0 saturated carbocycles. The van der Waals surface area contributed by atoms with Crippen molar-refractivity contribution < 1.29 is 27.5 Å². The van der Waals surface area contributed by atoms with Crippen molar-refractivity contribution >= 4 is 34.8 Å². The minimum absolute atomic E-state index is 0.0784. The van der Waals surface area contributed by atoms with Crippen molar-refractivity contribution in [2.24, 2.45) is 10.5 Å². The van der Waals surface area contributed by atoms with Crippen LogP contribution in [0.25, 0.3) is 0 Å². The zero-order valence-corrected chi connectivity index (χ0v) is 22.6. The molecule has 0 N–H and O–H groups in total. The Morgan fingerprint density at radius 1 is 1.10 bits per heavy atom. The van der Waals surface area contributed by atoms with Crippen LogP contribution in [0.2, 0.25) is 0 Å². The first-order valence-electron chi connectivity index (χ1n) is 13.4. The summed E-state index contributed by atoms with van der Waals surface area (Å²) in [5.41, 5.74) is 0.537. The summed E-state index contributed by atoms with van der Waals surface area (Å²) in [5.74, 6) is -0.0217. The van der Waals surface area contributed by atoms with E-state index >= 15 is 0 Å². The number of piperazine rings is 1. The number of fused-ring (bicyclic) bond motifs is 4. The molecule has 11 heteroatoms. The van der Waals surface area contributed by atoms with Crippen molar-refractivity contribution in [2.45, 2.75) is 32.5 Å². The van der Waals surface area contributed by atoms with Crippen LogP contribution in [0.15, 0.2) is 72.0 Å². The van der Waals surface area contributed by atoms with Crippen molar-refractivity contribution in [2.75, 3.05) is 41.0 Å². The number of carbonyl (C=O) groups excluding carboxylic acids is 2. The number of hydrogen-bond acceptors (Lipinski definition) is 7. The van der Waals surface area contributed by atoms with Gasteiger partial charge in [-0.25, -0.2) is 9.78 Å². The molecule has 1 spiro atoms.